The van der Waals surface area contributed by atoms with Gasteiger partial charge in [0.15, 0.2) is 0 Å². The third-order valence-corrected chi connectivity index (χ3v) is 8.64. The zero-order chi connectivity index (χ0) is 30.0. The third-order valence-electron chi connectivity index (χ3n) is 7.97. The van der Waals surface area contributed by atoms with Crippen LogP contribution >= 0.6 is 27.5 Å². The lowest BCUT2D eigenvalue weighted by molar-refractivity contribution is -0.129. The molecule has 1 saturated heterocycles. The number of ether oxygens (including phenoxy) is 1. The Morgan fingerprint density at radius 3 is 2.69 bits per heavy atom. The van der Waals surface area contributed by atoms with Crippen LogP contribution in [0.5, 0.6) is 0 Å². The maximum Gasteiger partial charge on any atom is 0.411 e. The molecule has 11 heteroatoms. The quantitative estimate of drug-likeness (QED) is 0.356. The predicted octanol–water partition coefficient (Wildman–Crippen LogP) is 5.64. The van der Waals surface area contributed by atoms with Crippen molar-refractivity contribution in [1.29, 1.82) is 0 Å². The monoisotopic (exact) mass is 656 g/mol. The van der Waals surface area contributed by atoms with Crippen LogP contribution in [-0.2, 0) is 22.4 Å². The molecule has 2 N–H and O–H groups in total. The number of H-pyrrole nitrogens is 1. The topological polar surface area (TPSA) is 103 Å². The molecular formula is C31H38BrClN6O3. The smallest absolute Gasteiger partial charge is 0.411 e. The molecule has 42 heavy (non-hydrogen) atoms. The molecule has 1 fully saturated rings. The summed E-state index contributed by atoms with van der Waals surface area (Å²) in [5.41, 5.74) is 4.70. The van der Waals surface area contributed by atoms with Crippen molar-refractivity contribution in [3.05, 3.63) is 80.6 Å². The number of fused-ring (bicyclic) bond motifs is 2. The third kappa shape index (κ3) is 6.82. The van der Waals surface area contributed by atoms with Gasteiger partial charge >= 0.3 is 6.09 Å². The van der Waals surface area contributed by atoms with E-state index < -0.39 is 17.7 Å². The van der Waals surface area contributed by atoms with Crippen LogP contribution in [-0.4, -0.2) is 74.6 Å². The molecule has 224 valence electrons. The number of aromatic nitrogens is 3. The van der Waals surface area contributed by atoms with Crippen LogP contribution in [0.15, 0.2) is 47.5 Å². The highest BCUT2D eigenvalue weighted by atomic mass is 79.9. The number of imidazole rings is 1. The maximum absolute atomic E-state index is 13.9. The molecule has 3 heterocycles. The average molecular weight is 658 g/mol. The Labute approximate surface area is 260 Å². The Balaban J connectivity index is 1.47. The van der Waals surface area contributed by atoms with E-state index in [1.165, 1.54) is 5.56 Å². The molecule has 0 radical (unpaired) electrons. The van der Waals surface area contributed by atoms with Crippen LogP contribution in [0.4, 0.5) is 4.79 Å². The number of aromatic amines is 1. The molecule has 2 aliphatic rings. The lowest BCUT2D eigenvalue weighted by atomic mass is 9.95. The first kappa shape index (κ1) is 30.5. The van der Waals surface area contributed by atoms with Crippen molar-refractivity contribution in [2.24, 2.45) is 0 Å². The van der Waals surface area contributed by atoms with Crippen LogP contribution < -0.4 is 5.32 Å². The molecule has 1 aromatic carbocycles. The van der Waals surface area contributed by atoms with Crippen molar-refractivity contribution in [2.75, 3.05) is 26.2 Å². The number of rotatable bonds is 6. The molecule has 3 aromatic rings. The van der Waals surface area contributed by atoms with E-state index in [0.29, 0.717) is 31.2 Å². The maximum atomic E-state index is 13.9. The summed E-state index contributed by atoms with van der Waals surface area (Å²) in [5, 5.41) is 3.82. The zero-order valence-corrected chi connectivity index (χ0v) is 26.8. The summed E-state index contributed by atoms with van der Waals surface area (Å²) in [7, 11) is 0. The molecule has 1 aliphatic heterocycles. The molecule has 1 aliphatic carbocycles. The van der Waals surface area contributed by atoms with Crippen molar-refractivity contribution in [3.63, 3.8) is 0 Å². The number of hydrogen-bond acceptors (Lipinski definition) is 6. The number of pyridine rings is 1. The highest BCUT2D eigenvalue weighted by Gasteiger charge is 2.41. The minimum absolute atomic E-state index is 0.0825. The van der Waals surface area contributed by atoms with Gasteiger partial charge in [-0.15, -0.1) is 0 Å². The molecule has 5 rings (SSSR count). The van der Waals surface area contributed by atoms with E-state index in [2.05, 4.69) is 55.2 Å². The summed E-state index contributed by atoms with van der Waals surface area (Å²) in [6.45, 7) is 9.23. The predicted molar refractivity (Wildman–Crippen MR) is 166 cm³/mol. The van der Waals surface area contributed by atoms with Crippen LogP contribution in [0, 0.1) is 0 Å². The Bertz CT molecular complexity index is 1370. The van der Waals surface area contributed by atoms with Gasteiger partial charge in [0.2, 0.25) is 5.91 Å². The Morgan fingerprint density at radius 2 is 1.98 bits per heavy atom. The Hall–Kier alpha value is -2.95. The zero-order valence-electron chi connectivity index (χ0n) is 24.5. The van der Waals surface area contributed by atoms with Gasteiger partial charge in [-0.3, -0.25) is 19.6 Å². The van der Waals surface area contributed by atoms with E-state index in [9.17, 15) is 9.59 Å². The van der Waals surface area contributed by atoms with E-state index in [1.54, 1.807) is 17.4 Å². The highest BCUT2D eigenvalue weighted by Crippen LogP contribution is 2.38. The van der Waals surface area contributed by atoms with Crippen molar-refractivity contribution in [3.8, 4) is 0 Å². The number of carbonyl (C=O) groups is 2. The molecule has 2 unspecified atom stereocenters. The molecule has 2 amide bonds. The molecule has 2 aromatic heterocycles. The molecule has 3 atom stereocenters. The summed E-state index contributed by atoms with van der Waals surface area (Å²) in [6, 6.07) is 7.22. The lowest BCUT2D eigenvalue weighted by Gasteiger charge is -2.44. The summed E-state index contributed by atoms with van der Waals surface area (Å²) in [5.74, 6) is -0.128. The van der Waals surface area contributed by atoms with Gasteiger partial charge in [0.25, 0.3) is 0 Å². The van der Waals surface area contributed by atoms with Crippen molar-refractivity contribution < 1.29 is 14.3 Å². The van der Waals surface area contributed by atoms with E-state index in [4.69, 9.17) is 21.3 Å². The minimum atomic E-state index is -0.745. The van der Waals surface area contributed by atoms with Gasteiger partial charge in [0.05, 0.1) is 18.1 Å². The van der Waals surface area contributed by atoms with E-state index in [-0.39, 0.29) is 17.9 Å². The summed E-state index contributed by atoms with van der Waals surface area (Å²) in [4.78, 5) is 43.3. The van der Waals surface area contributed by atoms with Gasteiger partial charge < -0.3 is 15.0 Å². The van der Waals surface area contributed by atoms with Gasteiger partial charge in [-0.05, 0) is 90.9 Å². The number of nitrogens with one attached hydrogen (secondary N) is 2. The van der Waals surface area contributed by atoms with Crippen molar-refractivity contribution in [2.45, 2.75) is 70.6 Å². The van der Waals surface area contributed by atoms with E-state index in [1.807, 2.05) is 39.1 Å². The summed E-state index contributed by atoms with van der Waals surface area (Å²) in [6.07, 6.45) is 7.27. The molecule has 0 saturated carbocycles. The van der Waals surface area contributed by atoms with Crippen LogP contribution in [0.1, 0.15) is 74.2 Å². The van der Waals surface area contributed by atoms with E-state index in [0.717, 1.165) is 46.2 Å². The first-order chi connectivity index (χ1) is 20.0. The fourth-order valence-electron chi connectivity index (χ4n) is 5.89. The average Bonchev–Trinajstić information content (AvgIpc) is 3.42. The standard InChI is InChI=1S/C31H38BrClN6O3/c1-5-19(25-16-34-18-37-25)14-36-29(40)26-17-38(10-11-39(26)30(41)42-31(2,3)4)28-24-9-8-23(33)13-20(24)6-7-21-12-22(32)15-35-27(21)28/h8-9,12-13,15-16,18-19,26,28H,5-7,10-11,14,17H2,1-4H3,(H,34,37)(H,36,40)/t19?,26-,28?/m1/s1. The molecule has 0 spiro atoms. The lowest BCUT2D eigenvalue weighted by Crippen LogP contribution is -2.62. The Kier molecular flexibility index (Phi) is 9.25. The summed E-state index contributed by atoms with van der Waals surface area (Å²) >= 11 is 10.0. The fourth-order valence-corrected chi connectivity index (χ4v) is 6.46. The van der Waals surface area contributed by atoms with Crippen LogP contribution in [0.25, 0.3) is 0 Å². The number of hydrogen-bond donors (Lipinski definition) is 2. The SMILES string of the molecule is CCC(CNC(=O)[C@H]1CN(C2c3ccc(Cl)cc3CCc3cc(Br)cnc32)CCN1C(=O)OC(C)(C)C)c1cnc[nH]1. The van der Waals surface area contributed by atoms with Crippen LogP contribution in [0.3, 0.4) is 0 Å². The largest absolute Gasteiger partial charge is 0.444 e. The first-order valence-electron chi connectivity index (χ1n) is 14.5. The number of aryl methyl sites for hydroxylation is 2. The van der Waals surface area contributed by atoms with Crippen LogP contribution in [0.2, 0.25) is 5.02 Å². The van der Waals surface area contributed by atoms with Gasteiger partial charge in [-0.25, -0.2) is 9.78 Å². The van der Waals surface area contributed by atoms with Crippen molar-refractivity contribution in [1.82, 2.24) is 30.1 Å². The number of amides is 2. The van der Waals surface area contributed by atoms with Gasteiger partial charge in [0, 0.05) is 59.7 Å². The second kappa shape index (κ2) is 12.7. The minimum Gasteiger partial charge on any atom is -0.444 e. The second-order valence-electron chi connectivity index (χ2n) is 12.0. The number of piperazine rings is 1. The number of nitrogens with zero attached hydrogens (tertiary/aromatic N) is 4. The Morgan fingerprint density at radius 1 is 1.19 bits per heavy atom. The molecule has 9 nitrogen and oxygen atoms in total. The fraction of sp³-hybridized carbons (Fsp3) is 0.484. The normalized spacial score (nSPS) is 19.8. The summed E-state index contributed by atoms with van der Waals surface area (Å²) < 4.78 is 6.68. The number of benzene rings is 1. The van der Waals surface area contributed by atoms with Gasteiger partial charge in [-0.1, -0.05) is 24.6 Å². The number of carbonyl (C=O) groups excluding carboxylic acids is 2. The molecular weight excluding hydrogens is 620 g/mol. The van der Waals surface area contributed by atoms with Gasteiger partial charge in [-0.2, -0.15) is 0 Å². The van der Waals surface area contributed by atoms with Gasteiger partial charge in [0.1, 0.15) is 11.6 Å². The second-order valence-corrected chi connectivity index (χ2v) is 13.3. The van der Waals surface area contributed by atoms with E-state index >= 15 is 0 Å². The highest BCUT2D eigenvalue weighted by molar-refractivity contribution is 9.10. The molecule has 0 bridgehead atoms. The number of halogens is 2. The first-order valence-corrected chi connectivity index (χ1v) is 15.6. The van der Waals surface area contributed by atoms with Crippen molar-refractivity contribution >= 4 is 39.5 Å².